The van der Waals surface area contributed by atoms with Gasteiger partial charge in [0.15, 0.2) is 0 Å². The van der Waals surface area contributed by atoms with E-state index in [2.05, 4.69) is 5.32 Å². The Hall–Kier alpha value is -2.56. The van der Waals surface area contributed by atoms with Gasteiger partial charge in [-0.05, 0) is 48.7 Å². The predicted molar refractivity (Wildman–Crippen MR) is 107 cm³/mol. The summed E-state index contributed by atoms with van der Waals surface area (Å²) in [5.74, 6) is 0. The molecule has 1 N–H and O–H groups in total. The number of anilines is 2. The lowest BCUT2D eigenvalue weighted by Gasteiger charge is -2.36. The normalized spacial score (nSPS) is 15.2. The summed E-state index contributed by atoms with van der Waals surface area (Å²) in [6, 6.07) is 8.35. The molecule has 0 unspecified atom stereocenters. The summed E-state index contributed by atoms with van der Waals surface area (Å²) in [5.41, 5.74) is -2.29. The van der Waals surface area contributed by atoms with Gasteiger partial charge in [-0.1, -0.05) is 0 Å². The third-order valence-corrected chi connectivity index (χ3v) is 5.59. The third kappa shape index (κ3) is 5.78. The molecule has 1 heterocycles. The number of amides is 2. The number of carbonyl (C=O) groups excluding carboxylic acids is 1. The first-order valence-electron chi connectivity index (χ1n) is 9.22. The monoisotopic (exact) mass is 463 g/mol. The molecule has 2 aromatic carbocycles. The van der Waals surface area contributed by atoms with Crippen molar-refractivity contribution in [3.8, 4) is 0 Å². The van der Waals surface area contributed by atoms with Gasteiger partial charge in [-0.2, -0.15) is 26.3 Å². The van der Waals surface area contributed by atoms with Crippen LogP contribution >= 0.6 is 11.8 Å². The van der Waals surface area contributed by atoms with E-state index in [-0.39, 0.29) is 44.0 Å². The fourth-order valence-electron chi connectivity index (χ4n) is 3.17. The minimum atomic E-state index is -4.90. The molecule has 0 saturated carbocycles. The van der Waals surface area contributed by atoms with Gasteiger partial charge in [0.25, 0.3) is 0 Å². The van der Waals surface area contributed by atoms with Crippen LogP contribution in [0.5, 0.6) is 0 Å². The molecular formula is C20H19F6N3OS. The van der Waals surface area contributed by atoms with Crippen LogP contribution in [-0.2, 0) is 12.4 Å². The Morgan fingerprint density at radius 2 is 1.39 bits per heavy atom. The zero-order valence-corrected chi connectivity index (χ0v) is 17.2. The summed E-state index contributed by atoms with van der Waals surface area (Å²) in [4.78, 5) is 16.4. The fourth-order valence-corrected chi connectivity index (χ4v) is 3.57. The molecule has 31 heavy (non-hydrogen) atoms. The molecule has 0 aromatic heterocycles. The number of hydrogen-bond donors (Lipinski definition) is 1. The Labute approximate surface area is 179 Å². The Morgan fingerprint density at radius 1 is 0.871 bits per heavy atom. The van der Waals surface area contributed by atoms with Crippen molar-refractivity contribution in [2.45, 2.75) is 17.2 Å². The van der Waals surface area contributed by atoms with Gasteiger partial charge in [0.2, 0.25) is 0 Å². The van der Waals surface area contributed by atoms with Crippen molar-refractivity contribution < 1.29 is 31.1 Å². The summed E-state index contributed by atoms with van der Waals surface area (Å²) >= 11 is 1.56. The molecule has 168 valence electrons. The van der Waals surface area contributed by atoms with Crippen molar-refractivity contribution >= 4 is 29.2 Å². The SMILES string of the molecule is CSc1ccc(NC(=O)N2CCN(c3cc(C(F)(F)F)cc(C(F)(F)F)c3)CC2)cc1. The van der Waals surface area contributed by atoms with Gasteiger partial charge >= 0.3 is 18.4 Å². The molecule has 0 spiro atoms. The fraction of sp³-hybridized carbons (Fsp3) is 0.350. The Kier molecular flexibility index (Phi) is 6.63. The average Bonchev–Trinajstić information content (AvgIpc) is 2.73. The van der Waals surface area contributed by atoms with Crippen LogP contribution in [0.4, 0.5) is 42.5 Å². The Bertz CT molecular complexity index is 890. The molecule has 4 nitrogen and oxygen atoms in total. The summed E-state index contributed by atoms with van der Waals surface area (Å²) in [6.07, 6.45) is -7.87. The second kappa shape index (κ2) is 8.89. The van der Waals surface area contributed by atoms with E-state index in [9.17, 15) is 31.1 Å². The average molecular weight is 463 g/mol. The van der Waals surface area contributed by atoms with Gasteiger partial charge in [-0.15, -0.1) is 11.8 Å². The molecule has 2 aromatic rings. The maximum Gasteiger partial charge on any atom is 0.416 e. The first kappa shape index (κ1) is 23.1. The van der Waals surface area contributed by atoms with Crippen molar-refractivity contribution in [3.63, 3.8) is 0 Å². The second-order valence-electron chi connectivity index (χ2n) is 6.90. The van der Waals surface area contributed by atoms with Crippen molar-refractivity contribution in [1.29, 1.82) is 0 Å². The number of nitrogens with one attached hydrogen (secondary N) is 1. The smallest absolute Gasteiger partial charge is 0.368 e. The highest BCUT2D eigenvalue weighted by Gasteiger charge is 2.37. The molecule has 1 aliphatic rings. The third-order valence-electron chi connectivity index (χ3n) is 4.85. The molecule has 1 aliphatic heterocycles. The summed E-state index contributed by atoms with van der Waals surface area (Å²) < 4.78 is 78.5. The van der Waals surface area contributed by atoms with Crippen LogP contribution in [0.3, 0.4) is 0 Å². The first-order valence-corrected chi connectivity index (χ1v) is 10.4. The number of carbonyl (C=O) groups is 1. The zero-order valence-electron chi connectivity index (χ0n) is 16.3. The number of nitrogens with zero attached hydrogens (tertiary/aromatic N) is 2. The number of hydrogen-bond acceptors (Lipinski definition) is 3. The Balaban J connectivity index is 1.69. The minimum absolute atomic E-state index is 0.107. The maximum absolute atomic E-state index is 13.1. The predicted octanol–water partition coefficient (Wildman–Crippen LogP) is 5.80. The molecule has 0 aliphatic carbocycles. The molecule has 1 saturated heterocycles. The van der Waals surface area contributed by atoms with E-state index in [1.54, 1.807) is 23.9 Å². The van der Waals surface area contributed by atoms with E-state index < -0.39 is 23.5 Å². The van der Waals surface area contributed by atoms with Crippen LogP contribution in [-0.4, -0.2) is 43.4 Å². The highest BCUT2D eigenvalue weighted by molar-refractivity contribution is 7.98. The van der Waals surface area contributed by atoms with E-state index in [1.165, 1.54) is 9.80 Å². The summed E-state index contributed by atoms with van der Waals surface area (Å²) in [7, 11) is 0. The number of alkyl halides is 6. The van der Waals surface area contributed by atoms with E-state index in [4.69, 9.17) is 0 Å². The van der Waals surface area contributed by atoms with Crippen LogP contribution in [0.25, 0.3) is 0 Å². The van der Waals surface area contributed by atoms with Crippen molar-refractivity contribution in [3.05, 3.63) is 53.6 Å². The lowest BCUT2D eigenvalue weighted by atomic mass is 10.1. The summed E-state index contributed by atoms with van der Waals surface area (Å²) in [6.45, 7) is 0.535. The number of urea groups is 1. The molecular weight excluding hydrogens is 444 g/mol. The molecule has 11 heteroatoms. The van der Waals surface area contributed by atoms with E-state index in [1.807, 2.05) is 18.4 Å². The molecule has 2 amide bonds. The van der Waals surface area contributed by atoms with Gasteiger partial charge in [0, 0.05) is 42.4 Å². The second-order valence-corrected chi connectivity index (χ2v) is 7.78. The molecule has 1 fully saturated rings. The Morgan fingerprint density at radius 3 is 1.84 bits per heavy atom. The number of piperazine rings is 1. The maximum atomic E-state index is 13.1. The number of thioether (sulfide) groups is 1. The van der Waals surface area contributed by atoms with Crippen molar-refractivity contribution in [1.82, 2.24) is 4.90 Å². The largest absolute Gasteiger partial charge is 0.416 e. The van der Waals surface area contributed by atoms with Gasteiger partial charge in [-0.3, -0.25) is 0 Å². The van der Waals surface area contributed by atoms with E-state index in [0.717, 1.165) is 4.90 Å². The molecule has 3 rings (SSSR count). The highest BCUT2D eigenvalue weighted by Crippen LogP contribution is 2.38. The highest BCUT2D eigenvalue weighted by atomic mass is 32.2. The van der Waals surface area contributed by atoms with Crippen molar-refractivity contribution in [2.75, 3.05) is 42.7 Å². The van der Waals surface area contributed by atoms with Crippen molar-refractivity contribution in [2.24, 2.45) is 0 Å². The van der Waals surface area contributed by atoms with Crippen LogP contribution < -0.4 is 10.2 Å². The topological polar surface area (TPSA) is 35.6 Å². The van der Waals surface area contributed by atoms with E-state index in [0.29, 0.717) is 17.8 Å². The van der Waals surface area contributed by atoms with Gasteiger partial charge < -0.3 is 15.1 Å². The lowest BCUT2D eigenvalue weighted by molar-refractivity contribution is -0.143. The van der Waals surface area contributed by atoms with Crippen LogP contribution in [0.1, 0.15) is 11.1 Å². The zero-order chi connectivity index (χ0) is 22.8. The van der Waals surface area contributed by atoms with Crippen LogP contribution in [0, 0.1) is 0 Å². The first-order chi connectivity index (χ1) is 14.5. The number of halogens is 6. The van der Waals surface area contributed by atoms with Gasteiger partial charge in [0.05, 0.1) is 11.1 Å². The number of rotatable bonds is 3. The van der Waals surface area contributed by atoms with Crippen LogP contribution in [0.15, 0.2) is 47.4 Å². The van der Waals surface area contributed by atoms with E-state index >= 15 is 0 Å². The lowest BCUT2D eigenvalue weighted by Crippen LogP contribution is -2.50. The van der Waals surface area contributed by atoms with Gasteiger partial charge in [0.1, 0.15) is 0 Å². The van der Waals surface area contributed by atoms with Crippen LogP contribution in [0.2, 0.25) is 0 Å². The number of benzene rings is 2. The molecule has 0 bridgehead atoms. The molecule has 0 radical (unpaired) electrons. The summed E-state index contributed by atoms with van der Waals surface area (Å²) in [5, 5.41) is 2.74. The quantitative estimate of drug-likeness (QED) is 0.462. The molecule has 0 atom stereocenters. The standard InChI is InChI=1S/C20H19F6N3OS/c1-31-17-4-2-15(3-5-17)27-18(30)29-8-6-28(7-9-29)16-11-13(19(21,22)23)10-14(12-16)20(24,25)26/h2-5,10-12H,6-9H2,1H3,(H,27,30). The van der Waals surface area contributed by atoms with Gasteiger partial charge in [-0.25, -0.2) is 4.79 Å². The minimum Gasteiger partial charge on any atom is -0.368 e.